The van der Waals surface area contributed by atoms with E-state index in [2.05, 4.69) is 0 Å². The third-order valence-electron chi connectivity index (χ3n) is 2.60. The molecule has 0 saturated heterocycles. The van der Waals surface area contributed by atoms with Gasteiger partial charge in [0.1, 0.15) is 4.90 Å². The van der Waals surface area contributed by atoms with E-state index in [0.717, 1.165) is 5.56 Å². The van der Waals surface area contributed by atoms with Gasteiger partial charge in [-0.25, -0.2) is 0 Å². The molecule has 0 aliphatic carbocycles. The Balaban J connectivity index is 2.61. The van der Waals surface area contributed by atoms with E-state index in [9.17, 15) is 13.2 Å². The summed E-state index contributed by atoms with van der Waals surface area (Å²) >= 11 is 5.77. The van der Waals surface area contributed by atoms with Crippen LogP contribution in [-0.2, 0) is 10.1 Å². The third-order valence-corrected chi connectivity index (χ3v) is 3.76. The zero-order chi connectivity index (χ0) is 14.0. The molecule has 0 fully saturated rings. The molecule has 2 rings (SSSR count). The van der Waals surface area contributed by atoms with Crippen LogP contribution in [0.4, 0.5) is 0 Å². The maximum absolute atomic E-state index is 11.2. The van der Waals surface area contributed by atoms with Crippen LogP contribution < -0.4 is 0 Å². The first kappa shape index (κ1) is 13.7. The summed E-state index contributed by atoms with van der Waals surface area (Å²) in [5, 5.41) is 0.559. The maximum atomic E-state index is 11.2. The molecule has 98 valence electrons. The SMILES string of the molecule is O=Cc1ccc(-c2ccc(Cl)cc2)cc1S(=O)(=O)O. The molecule has 1 N–H and O–H groups in total. The average molecular weight is 297 g/mol. The third kappa shape index (κ3) is 3.01. The molecule has 0 bridgehead atoms. The highest BCUT2D eigenvalue weighted by atomic mass is 35.5. The molecule has 0 spiro atoms. The molecule has 0 amide bonds. The van der Waals surface area contributed by atoms with Gasteiger partial charge in [0, 0.05) is 10.6 Å². The summed E-state index contributed by atoms with van der Waals surface area (Å²) in [6, 6.07) is 11.0. The highest BCUT2D eigenvalue weighted by Crippen LogP contribution is 2.25. The molecule has 0 unspecified atom stereocenters. The second-order valence-corrected chi connectivity index (χ2v) is 5.68. The molecular formula is C13H9ClO4S. The highest BCUT2D eigenvalue weighted by molar-refractivity contribution is 7.86. The number of carbonyl (C=O) groups is 1. The summed E-state index contributed by atoms with van der Waals surface area (Å²) in [6.45, 7) is 0. The van der Waals surface area contributed by atoms with Gasteiger partial charge in [0.25, 0.3) is 10.1 Å². The van der Waals surface area contributed by atoms with Gasteiger partial charge in [-0.2, -0.15) is 8.42 Å². The smallest absolute Gasteiger partial charge is 0.295 e. The van der Waals surface area contributed by atoms with Gasteiger partial charge in [-0.15, -0.1) is 0 Å². The lowest BCUT2D eigenvalue weighted by molar-refractivity contribution is 0.112. The molecule has 0 aliphatic heterocycles. The Hall–Kier alpha value is -1.69. The summed E-state index contributed by atoms with van der Waals surface area (Å²) in [7, 11) is -4.44. The van der Waals surface area contributed by atoms with Crippen LogP contribution in [0.25, 0.3) is 11.1 Å². The van der Waals surface area contributed by atoms with E-state index in [1.165, 1.54) is 12.1 Å². The van der Waals surface area contributed by atoms with Gasteiger partial charge in [-0.05, 0) is 35.4 Å². The number of benzene rings is 2. The first-order valence-corrected chi connectivity index (χ1v) is 7.06. The van der Waals surface area contributed by atoms with Crippen LogP contribution in [0.1, 0.15) is 10.4 Å². The molecule has 0 radical (unpaired) electrons. The van der Waals surface area contributed by atoms with Crippen molar-refractivity contribution >= 4 is 28.0 Å². The van der Waals surface area contributed by atoms with E-state index in [1.54, 1.807) is 30.3 Å². The van der Waals surface area contributed by atoms with E-state index >= 15 is 0 Å². The largest absolute Gasteiger partial charge is 0.298 e. The summed E-state index contributed by atoms with van der Waals surface area (Å²) in [6.07, 6.45) is 0.384. The van der Waals surface area contributed by atoms with E-state index in [-0.39, 0.29) is 5.56 Å². The second kappa shape index (κ2) is 5.13. The van der Waals surface area contributed by atoms with Crippen LogP contribution in [0.15, 0.2) is 47.4 Å². The number of carbonyl (C=O) groups excluding carboxylic acids is 1. The van der Waals surface area contributed by atoms with Crippen molar-refractivity contribution in [2.24, 2.45) is 0 Å². The molecule has 19 heavy (non-hydrogen) atoms. The van der Waals surface area contributed by atoms with Crippen molar-refractivity contribution in [3.8, 4) is 11.1 Å². The fourth-order valence-corrected chi connectivity index (χ4v) is 2.49. The van der Waals surface area contributed by atoms with E-state index < -0.39 is 15.0 Å². The number of hydrogen-bond acceptors (Lipinski definition) is 3. The second-order valence-electron chi connectivity index (χ2n) is 3.85. The lowest BCUT2D eigenvalue weighted by Crippen LogP contribution is -2.03. The number of aldehydes is 1. The molecule has 0 heterocycles. The fraction of sp³-hybridized carbons (Fsp3) is 0. The Bertz CT molecular complexity index is 721. The number of rotatable bonds is 3. The standard InChI is InChI=1S/C13H9ClO4S/c14-12-5-3-9(4-6-12)10-1-2-11(8-15)13(7-10)19(16,17)18/h1-8H,(H,16,17,18). The minimum absolute atomic E-state index is 0.0831. The fourth-order valence-electron chi connectivity index (χ4n) is 1.68. The summed E-state index contributed by atoms with van der Waals surface area (Å²) in [5.74, 6) is 0. The summed E-state index contributed by atoms with van der Waals surface area (Å²) in [5.41, 5.74) is 1.21. The van der Waals surface area contributed by atoms with Gasteiger partial charge >= 0.3 is 0 Å². The first-order chi connectivity index (χ1) is 8.91. The van der Waals surface area contributed by atoms with Crippen molar-refractivity contribution in [3.05, 3.63) is 53.1 Å². The molecule has 2 aromatic carbocycles. The van der Waals surface area contributed by atoms with Crippen molar-refractivity contribution in [2.45, 2.75) is 4.90 Å². The zero-order valence-corrected chi connectivity index (χ0v) is 11.1. The number of halogens is 1. The van der Waals surface area contributed by atoms with Crippen LogP contribution >= 0.6 is 11.6 Å². The Morgan fingerprint density at radius 1 is 1.00 bits per heavy atom. The Morgan fingerprint density at radius 2 is 1.58 bits per heavy atom. The van der Waals surface area contributed by atoms with Crippen LogP contribution in [-0.4, -0.2) is 19.3 Å². The van der Waals surface area contributed by atoms with E-state index in [0.29, 0.717) is 16.9 Å². The Labute approximate surface area is 115 Å². The van der Waals surface area contributed by atoms with Crippen LogP contribution in [0.5, 0.6) is 0 Å². The predicted molar refractivity (Wildman–Crippen MR) is 72.1 cm³/mol. The Morgan fingerprint density at radius 3 is 2.11 bits per heavy atom. The van der Waals surface area contributed by atoms with Crippen LogP contribution in [0, 0.1) is 0 Å². The van der Waals surface area contributed by atoms with Gasteiger partial charge in [-0.1, -0.05) is 29.8 Å². The lowest BCUT2D eigenvalue weighted by atomic mass is 10.0. The van der Waals surface area contributed by atoms with Crippen LogP contribution in [0.3, 0.4) is 0 Å². The average Bonchev–Trinajstić information content (AvgIpc) is 2.38. The molecule has 0 atom stereocenters. The maximum Gasteiger partial charge on any atom is 0.295 e. The molecule has 6 heteroatoms. The quantitative estimate of drug-likeness (QED) is 0.698. The zero-order valence-electron chi connectivity index (χ0n) is 9.58. The topological polar surface area (TPSA) is 71.4 Å². The van der Waals surface area contributed by atoms with E-state index in [1.807, 2.05) is 0 Å². The molecule has 0 saturated carbocycles. The van der Waals surface area contributed by atoms with Crippen molar-refractivity contribution < 1.29 is 17.8 Å². The normalized spacial score (nSPS) is 11.3. The molecule has 2 aromatic rings. The van der Waals surface area contributed by atoms with Gasteiger partial charge in [0.15, 0.2) is 6.29 Å². The number of hydrogen-bond donors (Lipinski definition) is 1. The first-order valence-electron chi connectivity index (χ1n) is 5.24. The summed E-state index contributed by atoms with van der Waals surface area (Å²) in [4.78, 5) is 10.4. The van der Waals surface area contributed by atoms with Crippen molar-refractivity contribution in [2.75, 3.05) is 0 Å². The van der Waals surface area contributed by atoms with Gasteiger partial charge in [0.05, 0.1) is 0 Å². The van der Waals surface area contributed by atoms with Crippen molar-refractivity contribution in [3.63, 3.8) is 0 Å². The highest BCUT2D eigenvalue weighted by Gasteiger charge is 2.16. The Kier molecular flexibility index (Phi) is 3.71. The van der Waals surface area contributed by atoms with Gasteiger partial charge in [-0.3, -0.25) is 9.35 Å². The summed E-state index contributed by atoms with van der Waals surface area (Å²) < 4.78 is 31.6. The van der Waals surface area contributed by atoms with Crippen LogP contribution in [0.2, 0.25) is 5.02 Å². The molecule has 0 aromatic heterocycles. The predicted octanol–water partition coefficient (Wildman–Crippen LogP) is 3.07. The molecule has 0 aliphatic rings. The van der Waals surface area contributed by atoms with Crippen molar-refractivity contribution in [1.29, 1.82) is 0 Å². The van der Waals surface area contributed by atoms with E-state index in [4.69, 9.17) is 16.2 Å². The molecular weight excluding hydrogens is 288 g/mol. The van der Waals surface area contributed by atoms with Crippen molar-refractivity contribution in [1.82, 2.24) is 0 Å². The molecule has 4 nitrogen and oxygen atoms in total. The monoisotopic (exact) mass is 296 g/mol. The lowest BCUT2D eigenvalue weighted by Gasteiger charge is -2.06. The van der Waals surface area contributed by atoms with Gasteiger partial charge < -0.3 is 0 Å². The minimum Gasteiger partial charge on any atom is -0.298 e. The van der Waals surface area contributed by atoms with Gasteiger partial charge in [0.2, 0.25) is 0 Å². The minimum atomic E-state index is -4.44.